The van der Waals surface area contributed by atoms with Crippen molar-refractivity contribution in [2.24, 2.45) is 5.73 Å². The Morgan fingerprint density at radius 1 is 1.50 bits per heavy atom. The summed E-state index contributed by atoms with van der Waals surface area (Å²) in [6.45, 7) is 3.87. The molecule has 3 amide bonds. The number of halogens is 1. The summed E-state index contributed by atoms with van der Waals surface area (Å²) in [6, 6.07) is 3.74. The zero-order valence-electron chi connectivity index (χ0n) is 13.6. The van der Waals surface area contributed by atoms with Gasteiger partial charge in [0.1, 0.15) is 11.6 Å². The maximum absolute atomic E-state index is 11.7. The number of hydrogen-bond acceptors (Lipinski definition) is 5. The summed E-state index contributed by atoms with van der Waals surface area (Å²) >= 11 is 6.21. The highest BCUT2D eigenvalue weighted by molar-refractivity contribution is 6.32. The van der Waals surface area contributed by atoms with E-state index in [0.29, 0.717) is 17.1 Å². The molecular weight excluding hydrogens is 334 g/mol. The quantitative estimate of drug-likeness (QED) is 0.604. The molecule has 0 fully saturated rings. The van der Waals surface area contributed by atoms with E-state index in [4.69, 9.17) is 32.1 Å². The number of ether oxygens (including phenoxy) is 2. The van der Waals surface area contributed by atoms with Crippen molar-refractivity contribution in [1.82, 2.24) is 5.32 Å². The van der Waals surface area contributed by atoms with Gasteiger partial charge in [-0.2, -0.15) is 5.26 Å². The van der Waals surface area contributed by atoms with Crippen LogP contribution in [0.5, 0.6) is 11.5 Å². The van der Waals surface area contributed by atoms with Gasteiger partial charge in [-0.1, -0.05) is 18.5 Å². The normalized spacial score (nSPS) is 12.0. The molecule has 128 valence electrons. The number of urea groups is 1. The number of imide groups is 1. The minimum Gasteiger partial charge on any atom is -0.493 e. The SMILES string of the molecule is CC[C@H](C)Oc1c(Cl)cc(/C=C(/C#N)C(=O)NC(N)=O)cc1OC. The molecule has 1 rings (SSSR count). The first-order valence-corrected chi connectivity index (χ1v) is 7.46. The van der Waals surface area contributed by atoms with Crippen LogP contribution in [0.1, 0.15) is 25.8 Å². The monoisotopic (exact) mass is 351 g/mol. The van der Waals surface area contributed by atoms with E-state index in [1.54, 1.807) is 12.1 Å². The minimum absolute atomic E-state index is 0.0613. The molecule has 0 saturated heterocycles. The van der Waals surface area contributed by atoms with Crippen LogP contribution in [0.3, 0.4) is 0 Å². The lowest BCUT2D eigenvalue weighted by atomic mass is 10.1. The van der Waals surface area contributed by atoms with E-state index in [9.17, 15) is 9.59 Å². The lowest BCUT2D eigenvalue weighted by Gasteiger charge is -2.17. The summed E-state index contributed by atoms with van der Waals surface area (Å²) in [4.78, 5) is 22.4. The zero-order valence-corrected chi connectivity index (χ0v) is 14.3. The number of hydrogen-bond donors (Lipinski definition) is 2. The Labute approximate surface area is 145 Å². The topological polar surface area (TPSA) is 114 Å². The third-order valence-corrected chi connectivity index (χ3v) is 3.34. The van der Waals surface area contributed by atoms with Crippen LogP contribution < -0.4 is 20.5 Å². The summed E-state index contributed by atoms with van der Waals surface area (Å²) in [5.74, 6) is -0.160. The molecular formula is C16H18ClN3O4. The molecule has 0 unspecified atom stereocenters. The molecule has 1 aromatic carbocycles. The van der Waals surface area contributed by atoms with E-state index < -0.39 is 11.9 Å². The largest absolute Gasteiger partial charge is 0.493 e. The van der Waals surface area contributed by atoms with Gasteiger partial charge in [-0.15, -0.1) is 0 Å². The van der Waals surface area contributed by atoms with Gasteiger partial charge >= 0.3 is 6.03 Å². The van der Waals surface area contributed by atoms with Gasteiger partial charge in [0.15, 0.2) is 11.5 Å². The molecule has 8 heteroatoms. The fourth-order valence-electron chi connectivity index (χ4n) is 1.72. The maximum Gasteiger partial charge on any atom is 0.319 e. The van der Waals surface area contributed by atoms with E-state index >= 15 is 0 Å². The van der Waals surface area contributed by atoms with Gasteiger partial charge in [0, 0.05) is 0 Å². The fourth-order valence-corrected chi connectivity index (χ4v) is 1.98. The smallest absolute Gasteiger partial charge is 0.319 e. The van der Waals surface area contributed by atoms with Gasteiger partial charge in [-0.05, 0) is 37.1 Å². The second kappa shape index (κ2) is 8.79. The molecule has 0 radical (unpaired) electrons. The number of amides is 3. The Morgan fingerprint density at radius 3 is 2.67 bits per heavy atom. The Morgan fingerprint density at radius 2 is 2.17 bits per heavy atom. The van der Waals surface area contributed by atoms with E-state index in [1.807, 2.05) is 19.2 Å². The standard InChI is InChI=1S/C16H18ClN3O4/c1-4-9(2)24-14-12(17)6-10(7-13(14)23-3)5-11(8-18)15(21)20-16(19)22/h5-7,9H,4H2,1-3H3,(H3,19,20,21,22)/b11-5-/t9-/m0/s1. The third kappa shape index (κ3) is 5.18. The Kier molecular flexibility index (Phi) is 7.08. The molecule has 24 heavy (non-hydrogen) atoms. The molecule has 1 atom stereocenters. The first-order chi connectivity index (χ1) is 11.3. The highest BCUT2D eigenvalue weighted by atomic mass is 35.5. The number of nitrogens with two attached hydrogens (primary N) is 1. The van der Waals surface area contributed by atoms with Crippen LogP contribution in [0.15, 0.2) is 17.7 Å². The molecule has 0 bridgehead atoms. The molecule has 0 aliphatic rings. The van der Waals surface area contributed by atoms with Crippen molar-refractivity contribution < 1.29 is 19.1 Å². The van der Waals surface area contributed by atoms with Gasteiger partial charge in [-0.25, -0.2) is 4.79 Å². The Balaban J connectivity index is 3.24. The summed E-state index contributed by atoms with van der Waals surface area (Å²) in [6.07, 6.45) is 1.99. The lowest BCUT2D eigenvalue weighted by molar-refractivity contribution is -0.115. The molecule has 7 nitrogen and oxygen atoms in total. The van der Waals surface area contributed by atoms with Crippen LogP contribution in [0.2, 0.25) is 5.02 Å². The molecule has 0 aliphatic heterocycles. The van der Waals surface area contributed by atoms with Crippen molar-refractivity contribution in [2.45, 2.75) is 26.4 Å². The first kappa shape index (κ1) is 19.3. The number of rotatable bonds is 6. The first-order valence-electron chi connectivity index (χ1n) is 7.09. The van der Waals surface area contributed by atoms with Crippen LogP contribution in [-0.4, -0.2) is 25.2 Å². The Bertz CT molecular complexity index is 710. The average molecular weight is 352 g/mol. The number of methoxy groups -OCH3 is 1. The number of carbonyl (C=O) groups excluding carboxylic acids is 2. The van der Waals surface area contributed by atoms with Crippen molar-refractivity contribution in [3.63, 3.8) is 0 Å². The summed E-state index contributed by atoms with van der Waals surface area (Å²) in [5.41, 5.74) is 4.99. The molecule has 1 aromatic rings. The van der Waals surface area contributed by atoms with Crippen molar-refractivity contribution in [1.29, 1.82) is 5.26 Å². The molecule has 0 saturated carbocycles. The van der Waals surface area contributed by atoms with Crippen LogP contribution in [0, 0.1) is 11.3 Å². The molecule has 3 N–H and O–H groups in total. The van der Waals surface area contributed by atoms with Crippen molar-refractivity contribution in [3.8, 4) is 17.6 Å². The third-order valence-electron chi connectivity index (χ3n) is 3.06. The van der Waals surface area contributed by atoms with E-state index in [0.717, 1.165) is 6.42 Å². The number of nitrogens with zero attached hydrogens (tertiary/aromatic N) is 1. The predicted octanol–water partition coefficient (Wildman–Crippen LogP) is 2.63. The predicted molar refractivity (Wildman–Crippen MR) is 89.7 cm³/mol. The van der Waals surface area contributed by atoms with Gasteiger partial charge in [-0.3, -0.25) is 10.1 Å². The van der Waals surface area contributed by atoms with Gasteiger partial charge in [0.25, 0.3) is 5.91 Å². The Hall–Kier alpha value is -2.72. The summed E-state index contributed by atoms with van der Waals surface area (Å²) < 4.78 is 11.0. The average Bonchev–Trinajstić information content (AvgIpc) is 2.53. The van der Waals surface area contributed by atoms with Gasteiger partial charge in [0.05, 0.1) is 18.2 Å². The molecule has 0 heterocycles. The van der Waals surface area contributed by atoms with E-state index in [-0.39, 0.29) is 16.7 Å². The van der Waals surface area contributed by atoms with Gasteiger partial charge < -0.3 is 15.2 Å². The molecule has 0 aliphatic carbocycles. The van der Waals surface area contributed by atoms with Crippen LogP contribution >= 0.6 is 11.6 Å². The van der Waals surface area contributed by atoms with Crippen molar-refractivity contribution in [3.05, 3.63) is 28.3 Å². The van der Waals surface area contributed by atoms with Crippen molar-refractivity contribution >= 4 is 29.6 Å². The lowest BCUT2D eigenvalue weighted by Crippen LogP contribution is -2.35. The summed E-state index contributed by atoms with van der Waals surface area (Å²) in [7, 11) is 1.45. The number of carbonyl (C=O) groups is 2. The molecule has 0 spiro atoms. The van der Waals surface area contributed by atoms with E-state index in [1.165, 1.54) is 19.3 Å². The minimum atomic E-state index is -1.05. The fraction of sp³-hybridized carbons (Fsp3) is 0.312. The highest BCUT2D eigenvalue weighted by Gasteiger charge is 2.16. The second-order valence-electron chi connectivity index (χ2n) is 4.86. The van der Waals surface area contributed by atoms with Gasteiger partial charge in [0.2, 0.25) is 0 Å². The number of nitriles is 1. The summed E-state index contributed by atoms with van der Waals surface area (Å²) in [5, 5.41) is 11.1. The zero-order chi connectivity index (χ0) is 18.3. The number of benzene rings is 1. The van der Waals surface area contributed by atoms with Crippen LogP contribution in [0.25, 0.3) is 6.08 Å². The second-order valence-corrected chi connectivity index (χ2v) is 5.27. The van der Waals surface area contributed by atoms with Crippen LogP contribution in [-0.2, 0) is 4.79 Å². The molecule has 0 aromatic heterocycles. The van der Waals surface area contributed by atoms with Crippen LogP contribution in [0.4, 0.5) is 4.79 Å². The number of nitrogens with one attached hydrogen (secondary N) is 1. The van der Waals surface area contributed by atoms with Crippen molar-refractivity contribution in [2.75, 3.05) is 7.11 Å². The maximum atomic E-state index is 11.7. The highest BCUT2D eigenvalue weighted by Crippen LogP contribution is 2.37. The van der Waals surface area contributed by atoms with E-state index in [2.05, 4.69) is 0 Å². The number of primary amides is 1.